The zero-order valence-electron chi connectivity index (χ0n) is 20.0. The van der Waals surface area contributed by atoms with Gasteiger partial charge in [-0.2, -0.15) is 0 Å². The molecular formula is C24H44IN5O. The van der Waals surface area contributed by atoms with Crippen LogP contribution in [-0.2, 0) is 0 Å². The summed E-state index contributed by atoms with van der Waals surface area (Å²) in [5, 5.41) is 7.04. The van der Waals surface area contributed by atoms with E-state index >= 15 is 0 Å². The van der Waals surface area contributed by atoms with Gasteiger partial charge in [0.1, 0.15) is 5.75 Å². The van der Waals surface area contributed by atoms with Gasteiger partial charge in [-0.15, -0.1) is 24.0 Å². The van der Waals surface area contributed by atoms with Crippen LogP contribution >= 0.6 is 24.0 Å². The van der Waals surface area contributed by atoms with Crippen LogP contribution < -0.4 is 15.4 Å². The minimum absolute atomic E-state index is 0. The van der Waals surface area contributed by atoms with Crippen LogP contribution in [0.4, 0.5) is 0 Å². The number of benzene rings is 1. The van der Waals surface area contributed by atoms with Crippen molar-refractivity contribution in [1.82, 2.24) is 20.4 Å². The third-order valence-corrected chi connectivity index (χ3v) is 5.84. The summed E-state index contributed by atoms with van der Waals surface area (Å²) in [7, 11) is 7.86. The quantitative estimate of drug-likeness (QED) is 0.169. The van der Waals surface area contributed by atoms with E-state index < -0.39 is 0 Å². The van der Waals surface area contributed by atoms with E-state index in [1.54, 1.807) is 7.11 Å². The predicted octanol–water partition coefficient (Wildman–Crippen LogP) is 4.13. The lowest BCUT2D eigenvalue weighted by Crippen LogP contribution is -2.42. The monoisotopic (exact) mass is 545 g/mol. The minimum Gasteiger partial charge on any atom is -0.497 e. The Morgan fingerprint density at radius 2 is 1.68 bits per heavy atom. The SMILES string of the molecule is CN=C(NCCCCCCCN(C)C)NCC(c1ccc(OC)cc1)N1CCCC1.I. The van der Waals surface area contributed by atoms with Crippen molar-refractivity contribution >= 4 is 29.9 Å². The number of hydrogen-bond acceptors (Lipinski definition) is 4. The van der Waals surface area contributed by atoms with Gasteiger partial charge in [-0.3, -0.25) is 9.89 Å². The molecule has 1 fully saturated rings. The molecule has 1 aliphatic rings. The Morgan fingerprint density at radius 3 is 2.29 bits per heavy atom. The smallest absolute Gasteiger partial charge is 0.191 e. The molecule has 0 radical (unpaired) electrons. The van der Waals surface area contributed by atoms with E-state index in [0.717, 1.165) is 37.9 Å². The second kappa shape index (κ2) is 16.6. The third kappa shape index (κ3) is 10.9. The van der Waals surface area contributed by atoms with Crippen LogP contribution in [0.2, 0.25) is 0 Å². The topological polar surface area (TPSA) is 52.1 Å². The lowest BCUT2D eigenvalue weighted by atomic mass is 10.1. The third-order valence-electron chi connectivity index (χ3n) is 5.84. The number of ether oxygens (including phenoxy) is 1. The summed E-state index contributed by atoms with van der Waals surface area (Å²) >= 11 is 0. The van der Waals surface area contributed by atoms with Crippen molar-refractivity contribution in [2.75, 3.05) is 61.0 Å². The molecule has 7 heteroatoms. The number of rotatable bonds is 13. The molecule has 1 atom stereocenters. The van der Waals surface area contributed by atoms with Gasteiger partial charge < -0.3 is 20.3 Å². The lowest BCUT2D eigenvalue weighted by molar-refractivity contribution is 0.245. The molecule has 2 N–H and O–H groups in total. The van der Waals surface area contributed by atoms with Crippen molar-refractivity contribution in [2.45, 2.75) is 51.0 Å². The highest BCUT2D eigenvalue weighted by molar-refractivity contribution is 14.0. The largest absolute Gasteiger partial charge is 0.497 e. The summed E-state index contributed by atoms with van der Waals surface area (Å²) in [4.78, 5) is 9.27. The Bertz CT molecular complexity index is 602. The molecule has 1 aromatic rings. The maximum atomic E-state index is 5.33. The van der Waals surface area contributed by atoms with Crippen LogP contribution in [-0.4, -0.2) is 76.7 Å². The number of halogens is 1. The Hall–Kier alpha value is -1.06. The van der Waals surface area contributed by atoms with Crippen LogP contribution in [0.25, 0.3) is 0 Å². The molecule has 0 aromatic heterocycles. The van der Waals surface area contributed by atoms with Crippen molar-refractivity contribution in [1.29, 1.82) is 0 Å². The highest BCUT2D eigenvalue weighted by Gasteiger charge is 2.23. The fourth-order valence-corrected chi connectivity index (χ4v) is 4.04. The van der Waals surface area contributed by atoms with E-state index in [9.17, 15) is 0 Å². The number of likely N-dealkylation sites (tertiary alicyclic amines) is 1. The number of unbranched alkanes of at least 4 members (excludes halogenated alkanes) is 4. The molecule has 178 valence electrons. The molecule has 1 unspecified atom stereocenters. The van der Waals surface area contributed by atoms with E-state index in [1.165, 1.54) is 57.1 Å². The van der Waals surface area contributed by atoms with Crippen LogP contribution in [0.3, 0.4) is 0 Å². The van der Waals surface area contributed by atoms with Gasteiger partial charge in [0.2, 0.25) is 0 Å². The molecule has 0 bridgehead atoms. The van der Waals surface area contributed by atoms with Crippen molar-refractivity contribution in [3.63, 3.8) is 0 Å². The fraction of sp³-hybridized carbons (Fsp3) is 0.708. The molecule has 0 saturated carbocycles. The highest BCUT2D eigenvalue weighted by atomic mass is 127. The maximum absolute atomic E-state index is 5.33. The standard InChI is InChI=1S/C24H43N5O.HI/c1-25-24(26-16-8-6-5-7-9-17-28(2)3)27-20-23(29-18-10-11-19-29)21-12-14-22(30-4)15-13-21;/h12-15,23H,5-11,16-20H2,1-4H3,(H2,25,26,27);1H. The van der Waals surface area contributed by atoms with E-state index in [0.29, 0.717) is 6.04 Å². The molecule has 6 nitrogen and oxygen atoms in total. The molecular weight excluding hydrogens is 501 g/mol. The number of methoxy groups -OCH3 is 1. The Morgan fingerprint density at radius 1 is 1.03 bits per heavy atom. The zero-order chi connectivity index (χ0) is 21.6. The van der Waals surface area contributed by atoms with Crippen molar-refractivity contribution in [3.8, 4) is 5.75 Å². The normalized spacial score (nSPS) is 15.6. The van der Waals surface area contributed by atoms with E-state index in [2.05, 4.69) is 63.8 Å². The molecule has 1 saturated heterocycles. The van der Waals surface area contributed by atoms with Gasteiger partial charge in [-0.1, -0.05) is 31.4 Å². The van der Waals surface area contributed by atoms with Crippen LogP contribution in [0.5, 0.6) is 5.75 Å². The lowest BCUT2D eigenvalue weighted by Gasteiger charge is -2.29. The first-order valence-electron chi connectivity index (χ1n) is 11.6. The summed E-state index contributed by atoms with van der Waals surface area (Å²) < 4.78 is 5.33. The fourth-order valence-electron chi connectivity index (χ4n) is 4.04. The van der Waals surface area contributed by atoms with Crippen LogP contribution in [0, 0.1) is 0 Å². The first-order chi connectivity index (χ1) is 14.6. The average molecular weight is 546 g/mol. The molecule has 1 aliphatic heterocycles. The van der Waals surface area contributed by atoms with Crippen molar-refractivity contribution in [3.05, 3.63) is 29.8 Å². The maximum Gasteiger partial charge on any atom is 0.191 e. The van der Waals surface area contributed by atoms with Gasteiger partial charge in [0.05, 0.1) is 13.2 Å². The number of aliphatic imine (C=N–C) groups is 1. The number of nitrogens with one attached hydrogen (secondary N) is 2. The molecule has 31 heavy (non-hydrogen) atoms. The second-order valence-electron chi connectivity index (χ2n) is 8.48. The van der Waals surface area contributed by atoms with Gasteiger partial charge in [-0.25, -0.2) is 0 Å². The molecule has 1 aromatic carbocycles. The van der Waals surface area contributed by atoms with Crippen LogP contribution in [0.1, 0.15) is 56.6 Å². The summed E-state index contributed by atoms with van der Waals surface area (Å²) in [6.45, 7) is 5.36. The van der Waals surface area contributed by atoms with Crippen molar-refractivity contribution in [2.24, 2.45) is 4.99 Å². The Labute approximate surface area is 207 Å². The summed E-state index contributed by atoms with van der Waals surface area (Å²) in [6.07, 6.45) is 8.98. The van der Waals surface area contributed by atoms with Gasteiger partial charge in [0, 0.05) is 20.1 Å². The zero-order valence-corrected chi connectivity index (χ0v) is 22.4. The number of hydrogen-bond donors (Lipinski definition) is 2. The summed E-state index contributed by atoms with van der Waals surface area (Å²) in [5.74, 6) is 1.81. The Balaban J connectivity index is 0.00000480. The minimum atomic E-state index is 0. The van der Waals surface area contributed by atoms with Gasteiger partial charge >= 0.3 is 0 Å². The van der Waals surface area contributed by atoms with Gasteiger partial charge in [0.25, 0.3) is 0 Å². The van der Waals surface area contributed by atoms with Gasteiger partial charge in [0.15, 0.2) is 5.96 Å². The van der Waals surface area contributed by atoms with Crippen LogP contribution in [0.15, 0.2) is 29.3 Å². The second-order valence-corrected chi connectivity index (χ2v) is 8.48. The molecule has 1 heterocycles. The first kappa shape index (κ1) is 28.0. The predicted molar refractivity (Wildman–Crippen MR) is 143 cm³/mol. The molecule has 2 rings (SSSR count). The summed E-state index contributed by atoms with van der Waals surface area (Å²) in [5.41, 5.74) is 1.33. The first-order valence-corrected chi connectivity index (χ1v) is 11.6. The Kier molecular flexibility index (Phi) is 14.9. The van der Waals surface area contributed by atoms with E-state index in [-0.39, 0.29) is 24.0 Å². The van der Waals surface area contributed by atoms with Crippen molar-refractivity contribution < 1.29 is 4.74 Å². The average Bonchev–Trinajstić information content (AvgIpc) is 3.29. The summed E-state index contributed by atoms with van der Waals surface area (Å²) in [6, 6.07) is 8.86. The van der Waals surface area contributed by atoms with Gasteiger partial charge in [-0.05, 0) is 77.1 Å². The molecule has 0 amide bonds. The molecule has 0 aliphatic carbocycles. The number of nitrogens with zero attached hydrogens (tertiary/aromatic N) is 3. The van der Waals surface area contributed by atoms with E-state index in [1.807, 2.05) is 7.05 Å². The highest BCUT2D eigenvalue weighted by Crippen LogP contribution is 2.26. The molecule has 0 spiro atoms. The number of guanidine groups is 1. The van der Waals surface area contributed by atoms with E-state index in [4.69, 9.17) is 4.74 Å².